The van der Waals surface area contributed by atoms with Gasteiger partial charge in [0.2, 0.25) is 11.8 Å². The Morgan fingerprint density at radius 3 is 2.84 bits per heavy atom. The first-order valence-electron chi connectivity index (χ1n) is 10.2. The zero-order valence-corrected chi connectivity index (χ0v) is 19.9. The molecular formula is C22H27BrClN5O2. The van der Waals surface area contributed by atoms with E-state index < -0.39 is 6.04 Å². The van der Waals surface area contributed by atoms with Crippen LogP contribution in [0.1, 0.15) is 30.2 Å². The lowest BCUT2D eigenvalue weighted by molar-refractivity contribution is -0.129. The molecule has 166 valence electrons. The second-order valence-corrected chi connectivity index (χ2v) is 9.21. The molecule has 1 fully saturated rings. The topological polar surface area (TPSA) is 109 Å². The predicted molar refractivity (Wildman–Crippen MR) is 126 cm³/mol. The van der Waals surface area contributed by atoms with Crippen molar-refractivity contribution in [3.8, 4) is 0 Å². The second kappa shape index (κ2) is 10.4. The number of carbonyl (C=O) groups is 2. The molecule has 0 spiro atoms. The molecule has 3 atom stereocenters. The van der Waals surface area contributed by atoms with Crippen molar-refractivity contribution >= 4 is 45.2 Å². The van der Waals surface area contributed by atoms with Gasteiger partial charge in [-0.3, -0.25) is 9.59 Å². The van der Waals surface area contributed by atoms with Gasteiger partial charge >= 0.3 is 0 Å². The summed E-state index contributed by atoms with van der Waals surface area (Å²) in [4.78, 5) is 29.2. The molecular weight excluding hydrogens is 482 g/mol. The van der Waals surface area contributed by atoms with Crippen molar-refractivity contribution in [2.75, 3.05) is 12.3 Å². The summed E-state index contributed by atoms with van der Waals surface area (Å²) in [6.45, 7) is 4.60. The maximum absolute atomic E-state index is 12.6. The molecule has 7 nitrogen and oxygen atoms in total. The number of hydrogen-bond donors (Lipinski definition) is 4. The number of nitrogen functional groups attached to an aromatic ring is 1. The highest BCUT2D eigenvalue weighted by Crippen LogP contribution is 2.26. The first-order valence-corrected chi connectivity index (χ1v) is 11.4. The zero-order chi connectivity index (χ0) is 22.5. The Balaban J connectivity index is 1.45. The number of nitrogens with one attached hydrogen (secondary N) is 3. The normalized spacial score (nSPS) is 19.1. The second-order valence-electron chi connectivity index (χ2n) is 7.94. The zero-order valence-electron chi connectivity index (χ0n) is 17.5. The van der Waals surface area contributed by atoms with Crippen LogP contribution >= 0.6 is 27.5 Å². The number of halogens is 2. The average Bonchev–Trinajstić information content (AvgIpc) is 3.18. The molecule has 0 bridgehead atoms. The van der Waals surface area contributed by atoms with Crippen LogP contribution in [0.2, 0.25) is 5.02 Å². The number of benzene rings is 1. The highest BCUT2D eigenvalue weighted by molar-refractivity contribution is 9.10. The Morgan fingerprint density at radius 2 is 2.13 bits per heavy atom. The minimum absolute atomic E-state index is 0.163. The highest BCUT2D eigenvalue weighted by atomic mass is 79.9. The van der Waals surface area contributed by atoms with Crippen molar-refractivity contribution in [3.05, 3.63) is 56.6 Å². The fraction of sp³-hybridized carbons (Fsp3) is 0.409. The summed E-state index contributed by atoms with van der Waals surface area (Å²) >= 11 is 9.57. The third-order valence-electron chi connectivity index (χ3n) is 5.47. The van der Waals surface area contributed by atoms with Gasteiger partial charge in [-0.15, -0.1) is 0 Å². The van der Waals surface area contributed by atoms with Crippen LogP contribution < -0.4 is 21.7 Å². The number of amides is 2. The third kappa shape index (κ3) is 6.41. The van der Waals surface area contributed by atoms with Crippen LogP contribution in [0.15, 0.2) is 34.8 Å². The van der Waals surface area contributed by atoms with Gasteiger partial charge in [0, 0.05) is 16.7 Å². The minimum atomic E-state index is -0.638. The van der Waals surface area contributed by atoms with Gasteiger partial charge in [0.25, 0.3) is 0 Å². The van der Waals surface area contributed by atoms with Gasteiger partial charge in [-0.1, -0.05) is 23.7 Å². The van der Waals surface area contributed by atoms with E-state index in [0.717, 1.165) is 34.3 Å². The molecule has 1 saturated heterocycles. The molecule has 0 saturated carbocycles. The lowest BCUT2D eigenvalue weighted by Crippen LogP contribution is -2.50. The standard InChI is InChI=1S/C22H27BrClN5O2/c1-12-16(4-6-20(25)28-12)11-27-21(30)13(2)29-22(31)19-9-15(10-26-19)7-14-3-5-17(23)18(24)8-14/h3-6,8,13,15,19,26H,7,9-11H2,1-2H3,(H2,25,28)(H,27,30)(H,29,31)/t13-,15?,19+/m0/s1. The molecule has 2 aromatic rings. The van der Waals surface area contributed by atoms with Crippen molar-refractivity contribution in [2.24, 2.45) is 5.92 Å². The Morgan fingerprint density at radius 1 is 1.35 bits per heavy atom. The largest absolute Gasteiger partial charge is 0.384 e. The molecule has 2 heterocycles. The first-order chi connectivity index (χ1) is 14.7. The summed E-state index contributed by atoms with van der Waals surface area (Å²) in [6, 6.07) is 8.51. The van der Waals surface area contributed by atoms with Gasteiger partial charge < -0.3 is 21.7 Å². The van der Waals surface area contributed by atoms with Crippen LogP contribution in [-0.4, -0.2) is 35.4 Å². The summed E-state index contributed by atoms with van der Waals surface area (Å²) in [5.74, 6) is 0.366. The molecule has 9 heteroatoms. The predicted octanol–water partition coefficient (Wildman–Crippen LogP) is 2.73. The van der Waals surface area contributed by atoms with E-state index in [9.17, 15) is 9.59 Å². The van der Waals surface area contributed by atoms with Crippen LogP contribution in [0.25, 0.3) is 0 Å². The number of aromatic nitrogens is 1. The van der Waals surface area contributed by atoms with E-state index in [2.05, 4.69) is 36.9 Å². The summed E-state index contributed by atoms with van der Waals surface area (Å²) in [7, 11) is 0. The van der Waals surface area contributed by atoms with Crippen molar-refractivity contribution in [3.63, 3.8) is 0 Å². The van der Waals surface area contributed by atoms with Crippen LogP contribution in [0.5, 0.6) is 0 Å². The Bertz CT molecular complexity index is 971. The lowest BCUT2D eigenvalue weighted by Gasteiger charge is -2.17. The molecule has 31 heavy (non-hydrogen) atoms. The number of hydrogen-bond acceptors (Lipinski definition) is 5. The monoisotopic (exact) mass is 507 g/mol. The van der Waals surface area contributed by atoms with Crippen molar-refractivity contribution in [1.82, 2.24) is 20.9 Å². The molecule has 1 unspecified atom stereocenters. The number of carbonyl (C=O) groups excluding carboxylic acids is 2. The van der Waals surface area contributed by atoms with E-state index in [-0.39, 0.29) is 17.9 Å². The number of pyridine rings is 1. The molecule has 1 aliphatic heterocycles. The molecule has 3 rings (SSSR count). The molecule has 1 aliphatic rings. The Hall–Kier alpha value is -2.16. The fourth-order valence-electron chi connectivity index (χ4n) is 3.68. The van der Waals surface area contributed by atoms with Crippen LogP contribution in [0.4, 0.5) is 5.82 Å². The number of anilines is 1. The van der Waals surface area contributed by atoms with E-state index >= 15 is 0 Å². The quantitative estimate of drug-likeness (QED) is 0.460. The maximum atomic E-state index is 12.6. The van der Waals surface area contributed by atoms with Gasteiger partial charge in [-0.2, -0.15) is 0 Å². The van der Waals surface area contributed by atoms with E-state index in [0.29, 0.717) is 29.7 Å². The number of aryl methyl sites for hydroxylation is 1. The third-order valence-corrected chi connectivity index (χ3v) is 6.70. The van der Waals surface area contributed by atoms with E-state index in [1.165, 1.54) is 0 Å². The SMILES string of the molecule is Cc1nc(N)ccc1CNC(=O)[C@H](C)NC(=O)[C@H]1CC(Cc2ccc(Br)c(Cl)c2)CN1. The summed E-state index contributed by atoms with van der Waals surface area (Å²) in [5, 5.41) is 9.59. The Kier molecular flexibility index (Phi) is 7.91. The smallest absolute Gasteiger partial charge is 0.242 e. The number of nitrogens with two attached hydrogens (primary N) is 1. The van der Waals surface area contributed by atoms with Gasteiger partial charge in [-0.25, -0.2) is 4.98 Å². The maximum Gasteiger partial charge on any atom is 0.242 e. The molecule has 2 amide bonds. The van der Waals surface area contributed by atoms with Crippen LogP contribution in [0.3, 0.4) is 0 Å². The van der Waals surface area contributed by atoms with Crippen LogP contribution in [-0.2, 0) is 22.6 Å². The summed E-state index contributed by atoms with van der Waals surface area (Å²) < 4.78 is 0.870. The van der Waals surface area contributed by atoms with E-state index in [1.807, 2.05) is 31.2 Å². The van der Waals surface area contributed by atoms with Crippen LogP contribution in [0, 0.1) is 12.8 Å². The average molecular weight is 509 g/mol. The van der Waals surface area contributed by atoms with Crippen molar-refractivity contribution < 1.29 is 9.59 Å². The molecule has 1 aromatic heterocycles. The van der Waals surface area contributed by atoms with Gasteiger partial charge in [-0.05, 0) is 84.4 Å². The summed E-state index contributed by atoms with van der Waals surface area (Å²) in [6.07, 6.45) is 1.55. The van der Waals surface area contributed by atoms with E-state index in [4.69, 9.17) is 17.3 Å². The van der Waals surface area contributed by atoms with Crippen molar-refractivity contribution in [1.29, 1.82) is 0 Å². The van der Waals surface area contributed by atoms with E-state index in [1.54, 1.807) is 13.0 Å². The minimum Gasteiger partial charge on any atom is -0.384 e. The van der Waals surface area contributed by atoms with Gasteiger partial charge in [0.15, 0.2) is 0 Å². The number of rotatable bonds is 7. The highest BCUT2D eigenvalue weighted by Gasteiger charge is 2.31. The van der Waals surface area contributed by atoms with Gasteiger partial charge in [0.05, 0.1) is 11.1 Å². The fourth-order valence-corrected chi connectivity index (χ4v) is 4.12. The van der Waals surface area contributed by atoms with Crippen molar-refractivity contribution in [2.45, 2.75) is 45.3 Å². The van der Waals surface area contributed by atoms with Gasteiger partial charge in [0.1, 0.15) is 11.9 Å². The summed E-state index contributed by atoms with van der Waals surface area (Å²) in [5.41, 5.74) is 8.44. The molecule has 0 aliphatic carbocycles. The first kappa shape index (κ1) is 23.5. The Labute approximate surface area is 195 Å². The number of nitrogens with zero attached hydrogens (tertiary/aromatic N) is 1. The molecule has 1 aromatic carbocycles. The molecule has 5 N–H and O–H groups in total. The molecule has 0 radical (unpaired) electrons. The lowest BCUT2D eigenvalue weighted by atomic mass is 9.96.